The van der Waals surface area contributed by atoms with Crippen molar-refractivity contribution in [1.82, 2.24) is 9.47 Å². The van der Waals surface area contributed by atoms with Crippen LogP contribution in [0.1, 0.15) is 32.0 Å². The van der Waals surface area contributed by atoms with E-state index in [0.717, 1.165) is 24.3 Å². The highest BCUT2D eigenvalue weighted by atomic mass is 19.1. The minimum atomic E-state index is -0.463. The number of rotatable bonds is 9. The molecule has 1 N–H and O–H groups in total. The van der Waals surface area contributed by atoms with Crippen molar-refractivity contribution in [3.05, 3.63) is 72.3 Å². The van der Waals surface area contributed by atoms with Gasteiger partial charge in [0.1, 0.15) is 5.82 Å². The monoisotopic (exact) mass is 344 g/mol. The lowest BCUT2D eigenvalue weighted by Gasteiger charge is -2.39. The van der Waals surface area contributed by atoms with Gasteiger partial charge in [0.25, 0.3) is 0 Å². The number of benzene rings is 1. The maximum absolute atomic E-state index is 13.1. The molecule has 0 aliphatic rings. The lowest BCUT2D eigenvalue weighted by molar-refractivity contribution is 0.0609. The van der Waals surface area contributed by atoms with E-state index in [-0.39, 0.29) is 12.4 Å². The summed E-state index contributed by atoms with van der Waals surface area (Å²) in [6.07, 6.45) is 3.86. The van der Waals surface area contributed by atoms with Crippen LogP contribution in [0.2, 0.25) is 0 Å². The van der Waals surface area contributed by atoms with Crippen molar-refractivity contribution < 1.29 is 9.50 Å². The van der Waals surface area contributed by atoms with Crippen molar-refractivity contribution in [2.45, 2.75) is 39.4 Å². The molecule has 1 heterocycles. The lowest BCUT2D eigenvalue weighted by atomic mass is 9.99. The molecule has 1 aromatic carbocycles. The second-order valence-corrected chi connectivity index (χ2v) is 7.25. The molecule has 0 fully saturated rings. The minimum Gasteiger partial charge on any atom is -0.394 e. The number of halogens is 1. The number of nitrogens with zero attached hydrogens (tertiary/aromatic N) is 2. The maximum Gasteiger partial charge on any atom is 0.123 e. The molecule has 4 heteroatoms. The molecular formula is C21H29FN2O. The Morgan fingerprint density at radius 1 is 1.28 bits per heavy atom. The molecule has 0 spiro atoms. The van der Waals surface area contributed by atoms with E-state index in [2.05, 4.69) is 36.0 Å². The van der Waals surface area contributed by atoms with Crippen molar-refractivity contribution >= 4 is 0 Å². The van der Waals surface area contributed by atoms with Gasteiger partial charge in [-0.15, -0.1) is 6.58 Å². The van der Waals surface area contributed by atoms with E-state index in [1.807, 2.05) is 37.4 Å². The second-order valence-electron chi connectivity index (χ2n) is 7.25. The van der Waals surface area contributed by atoms with Gasteiger partial charge in [0.2, 0.25) is 0 Å². The van der Waals surface area contributed by atoms with E-state index in [4.69, 9.17) is 0 Å². The molecule has 0 saturated heterocycles. The Morgan fingerprint density at radius 2 is 1.96 bits per heavy atom. The van der Waals surface area contributed by atoms with Crippen LogP contribution in [-0.2, 0) is 13.1 Å². The van der Waals surface area contributed by atoms with Gasteiger partial charge in [-0.1, -0.05) is 32.1 Å². The van der Waals surface area contributed by atoms with Crippen molar-refractivity contribution in [1.29, 1.82) is 0 Å². The fraction of sp³-hybridized carbons (Fsp3) is 0.429. The Bertz CT molecular complexity index is 677. The Morgan fingerprint density at radius 3 is 2.52 bits per heavy atom. The summed E-state index contributed by atoms with van der Waals surface area (Å²) in [4.78, 5) is 2.27. The Balaban J connectivity index is 2.21. The van der Waals surface area contributed by atoms with Crippen LogP contribution in [0.3, 0.4) is 0 Å². The van der Waals surface area contributed by atoms with Gasteiger partial charge in [-0.3, -0.25) is 4.90 Å². The summed E-state index contributed by atoms with van der Waals surface area (Å²) in [5.74, 6) is 0.260. The molecule has 1 aromatic heterocycles. The summed E-state index contributed by atoms with van der Waals surface area (Å²) >= 11 is 0. The molecular weight excluding hydrogens is 315 g/mol. The van der Waals surface area contributed by atoms with Crippen LogP contribution in [0.25, 0.3) is 0 Å². The third kappa shape index (κ3) is 5.03. The van der Waals surface area contributed by atoms with E-state index < -0.39 is 5.54 Å². The fourth-order valence-electron chi connectivity index (χ4n) is 2.92. The van der Waals surface area contributed by atoms with Crippen LogP contribution < -0.4 is 0 Å². The number of hydrogen-bond acceptors (Lipinski definition) is 2. The van der Waals surface area contributed by atoms with Crippen LogP contribution in [0, 0.1) is 11.7 Å². The Labute approximate surface area is 150 Å². The van der Waals surface area contributed by atoms with Crippen molar-refractivity contribution in [2.75, 3.05) is 13.2 Å². The molecule has 0 radical (unpaired) electrons. The summed E-state index contributed by atoms with van der Waals surface area (Å²) < 4.78 is 15.3. The first-order valence-electron chi connectivity index (χ1n) is 8.76. The number of hydrogen-bond donors (Lipinski definition) is 1. The van der Waals surface area contributed by atoms with E-state index in [0.29, 0.717) is 12.5 Å². The van der Waals surface area contributed by atoms with Gasteiger partial charge in [-0.2, -0.15) is 0 Å². The molecule has 2 aromatic rings. The van der Waals surface area contributed by atoms with Gasteiger partial charge in [0.15, 0.2) is 0 Å². The first kappa shape index (κ1) is 19.4. The number of aromatic nitrogens is 1. The minimum absolute atomic E-state index is 0.0297. The molecule has 0 saturated carbocycles. The van der Waals surface area contributed by atoms with Crippen molar-refractivity contribution in [3.63, 3.8) is 0 Å². The van der Waals surface area contributed by atoms with Crippen LogP contribution >= 0.6 is 0 Å². The molecule has 0 amide bonds. The van der Waals surface area contributed by atoms with E-state index in [1.165, 1.54) is 12.1 Å². The lowest BCUT2D eigenvalue weighted by Crippen LogP contribution is -2.49. The predicted octanol–water partition coefficient (Wildman–Crippen LogP) is 4.07. The highest BCUT2D eigenvalue weighted by Crippen LogP contribution is 2.22. The average molecular weight is 344 g/mol. The van der Waals surface area contributed by atoms with Gasteiger partial charge < -0.3 is 9.67 Å². The first-order valence-corrected chi connectivity index (χ1v) is 8.76. The van der Waals surface area contributed by atoms with Gasteiger partial charge in [-0.25, -0.2) is 4.39 Å². The van der Waals surface area contributed by atoms with Crippen LogP contribution in [0.15, 0.2) is 55.3 Å². The fourth-order valence-corrected chi connectivity index (χ4v) is 2.92. The predicted molar refractivity (Wildman–Crippen MR) is 101 cm³/mol. The zero-order valence-corrected chi connectivity index (χ0v) is 15.5. The molecule has 1 atom stereocenters. The summed E-state index contributed by atoms with van der Waals surface area (Å²) in [5.41, 5.74) is 1.75. The maximum atomic E-state index is 13.1. The summed E-state index contributed by atoms with van der Waals surface area (Å²) in [7, 11) is 0. The second kappa shape index (κ2) is 8.45. The van der Waals surface area contributed by atoms with Crippen molar-refractivity contribution in [3.8, 4) is 0 Å². The van der Waals surface area contributed by atoms with E-state index in [9.17, 15) is 9.50 Å². The highest BCUT2D eigenvalue weighted by Gasteiger charge is 2.29. The molecule has 2 rings (SSSR count). The molecule has 136 valence electrons. The van der Waals surface area contributed by atoms with Gasteiger partial charge in [0.05, 0.1) is 12.1 Å². The third-order valence-electron chi connectivity index (χ3n) is 4.61. The Kier molecular flexibility index (Phi) is 6.57. The standard InChI is InChI=1S/C21H29FN2O/c1-5-21(4,16-25)24(13-17(2)3)15-20-7-6-12-23(20)14-18-8-10-19(22)11-9-18/h5-12,17,25H,1,13-16H2,2-4H3. The molecule has 1 unspecified atom stereocenters. The average Bonchev–Trinajstić information content (AvgIpc) is 3.02. The van der Waals surface area contributed by atoms with E-state index >= 15 is 0 Å². The van der Waals surface area contributed by atoms with Gasteiger partial charge >= 0.3 is 0 Å². The highest BCUT2D eigenvalue weighted by molar-refractivity contribution is 5.19. The smallest absolute Gasteiger partial charge is 0.123 e. The molecule has 3 nitrogen and oxygen atoms in total. The van der Waals surface area contributed by atoms with Crippen molar-refractivity contribution in [2.24, 2.45) is 5.92 Å². The number of aliphatic hydroxyl groups is 1. The van der Waals surface area contributed by atoms with Crippen LogP contribution in [0.5, 0.6) is 0 Å². The van der Waals surface area contributed by atoms with E-state index in [1.54, 1.807) is 0 Å². The van der Waals surface area contributed by atoms with Crippen LogP contribution in [-0.4, -0.2) is 33.3 Å². The van der Waals surface area contributed by atoms with Gasteiger partial charge in [-0.05, 0) is 42.7 Å². The largest absolute Gasteiger partial charge is 0.394 e. The number of aliphatic hydroxyl groups excluding tert-OH is 1. The first-order chi connectivity index (χ1) is 11.9. The third-order valence-corrected chi connectivity index (χ3v) is 4.61. The topological polar surface area (TPSA) is 28.4 Å². The molecule has 0 bridgehead atoms. The molecule has 0 aliphatic carbocycles. The SMILES string of the molecule is C=CC(C)(CO)N(Cc1cccn1Cc1ccc(F)cc1)CC(C)C. The van der Waals surface area contributed by atoms with Gasteiger partial charge in [0, 0.05) is 31.5 Å². The summed E-state index contributed by atoms with van der Waals surface area (Å²) in [5, 5.41) is 9.87. The zero-order chi connectivity index (χ0) is 18.4. The summed E-state index contributed by atoms with van der Waals surface area (Å²) in [6.45, 7) is 12.6. The Hall–Kier alpha value is -1.91. The quantitative estimate of drug-likeness (QED) is 0.695. The summed E-state index contributed by atoms with van der Waals surface area (Å²) in [6, 6.07) is 10.7. The zero-order valence-electron chi connectivity index (χ0n) is 15.5. The molecule has 0 aliphatic heterocycles. The van der Waals surface area contributed by atoms with Crippen LogP contribution in [0.4, 0.5) is 4.39 Å². The normalized spacial score (nSPS) is 14.0. The molecule has 25 heavy (non-hydrogen) atoms.